The third-order valence-corrected chi connectivity index (χ3v) is 7.92. The first-order valence-electron chi connectivity index (χ1n) is 10.8. The minimum absolute atomic E-state index is 0.377. The number of aliphatic hydroxyl groups is 2. The average molecular weight is 500 g/mol. The molecule has 3 aromatic rings. The lowest BCUT2D eigenvalue weighted by molar-refractivity contribution is 0.0989. The highest BCUT2D eigenvalue weighted by molar-refractivity contribution is 7.93. The molecule has 4 rings (SSSR count). The quantitative estimate of drug-likeness (QED) is 0.407. The summed E-state index contributed by atoms with van der Waals surface area (Å²) in [5.74, 6) is 0. The van der Waals surface area contributed by atoms with E-state index in [1.54, 1.807) is 12.1 Å². The number of hydrogen-bond acceptors (Lipinski definition) is 8. The molecule has 2 aromatic carbocycles. The van der Waals surface area contributed by atoms with Crippen LogP contribution in [0.2, 0.25) is 0 Å². The Morgan fingerprint density at radius 1 is 1.18 bits per heavy atom. The standard InChI is InChI=1S/C24H25N3O5S2/c25-14-23(34(30,31)26-15-21(29)16-28)13-22-5-6-24(33-22)19-2-1-18-12-20(4-3-17(18)11-19)27-7-9-32-10-8-27/h1-6,11-13,21,26,28-29H,7-10,15-16H2/b23-13+. The Hall–Kier alpha value is -2.78. The van der Waals surface area contributed by atoms with Crippen molar-refractivity contribution in [1.82, 2.24) is 4.72 Å². The van der Waals surface area contributed by atoms with Crippen LogP contribution >= 0.6 is 11.3 Å². The Kier molecular flexibility index (Phi) is 7.63. The number of nitrogens with zero attached hydrogens (tertiary/aromatic N) is 2. The molecule has 8 nitrogen and oxygen atoms in total. The van der Waals surface area contributed by atoms with Gasteiger partial charge in [0.25, 0.3) is 10.0 Å². The van der Waals surface area contributed by atoms with Gasteiger partial charge in [0.1, 0.15) is 6.07 Å². The molecule has 0 bridgehead atoms. The molecule has 178 valence electrons. The van der Waals surface area contributed by atoms with Gasteiger partial charge in [-0.25, -0.2) is 13.1 Å². The molecule has 10 heteroatoms. The van der Waals surface area contributed by atoms with Gasteiger partial charge in [0.2, 0.25) is 0 Å². The van der Waals surface area contributed by atoms with Crippen LogP contribution < -0.4 is 9.62 Å². The van der Waals surface area contributed by atoms with Gasteiger partial charge in [-0.2, -0.15) is 5.26 Å². The van der Waals surface area contributed by atoms with E-state index in [1.165, 1.54) is 23.1 Å². The van der Waals surface area contributed by atoms with Gasteiger partial charge in [0.05, 0.1) is 25.9 Å². The summed E-state index contributed by atoms with van der Waals surface area (Å²) in [5, 5.41) is 29.8. The number of anilines is 1. The number of nitriles is 1. The van der Waals surface area contributed by atoms with Crippen LogP contribution in [0.15, 0.2) is 53.4 Å². The van der Waals surface area contributed by atoms with Gasteiger partial charge in [-0.05, 0) is 52.7 Å². The molecule has 1 aliphatic heterocycles. The Bertz CT molecular complexity index is 1340. The van der Waals surface area contributed by atoms with E-state index in [9.17, 15) is 18.8 Å². The maximum absolute atomic E-state index is 12.4. The second kappa shape index (κ2) is 10.7. The van der Waals surface area contributed by atoms with Crippen LogP contribution in [0.4, 0.5) is 5.69 Å². The minimum Gasteiger partial charge on any atom is -0.394 e. The van der Waals surface area contributed by atoms with Crippen molar-refractivity contribution in [2.45, 2.75) is 6.10 Å². The summed E-state index contributed by atoms with van der Waals surface area (Å²) in [6, 6.07) is 18.0. The summed E-state index contributed by atoms with van der Waals surface area (Å²) in [6.45, 7) is 2.28. The molecular weight excluding hydrogens is 474 g/mol. The van der Waals surface area contributed by atoms with Crippen molar-refractivity contribution in [3.8, 4) is 16.5 Å². The highest BCUT2D eigenvalue weighted by atomic mass is 32.2. The molecule has 0 radical (unpaired) electrons. The number of sulfonamides is 1. The predicted molar refractivity (Wildman–Crippen MR) is 134 cm³/mol. The summed E-state index contributed by atoms with van der Waals surface area (Å²) in [6.07, 6.45) is 0.0678. The topological polar surface area (TPSA) is 123 Å². The zero-order valence-corrected chi connectivity index (χ0v) is 20.0. The second-order valence-corrected chi connectivity index (χ2v) is 10.7. The predicted octanol–water partition coefficient (Wildman–Crippen LogP) is 2.54. The molecule has 0 saturated carbocycles. The summed E-state index contributed by atoms with van der Waals surface area (Å²) >= 11 is 1.38. The fourth-order valence-corrected chi connectivity index (χ4v) is 5.63. The maximum atomic E-state index is 12.4. The average Bonchev–Trinajstić information content (AvgIpc) is 3.34. The molecule has 1 atom stereocenters. The number of aliphatic hydroxyl groups excluding tert-OH is 2. The van der Waals surface area contributed by atoms with Crippen molar-refractivity contribution < 1.29 is 23.4 Å². The second-order valence-electron chi connectivity index (χ2n) is 7.86. The molecule has 3 N–H and O–H groups in total. The highest BCUT2D eigenvalue weighted by Crippen LogP contribution is 2.33. The lowest BCUT2D eigenvalue weighted by Crippen LogP contribution is -2.36. The first-order chi connectivity index (χ1) is 16.4. The van der Waals surface area contributed by atoms with Crippen molar-refractivity contribution in [3.63, 3.8) is 0 Å². The van der Waals surface area contributed by atoms with E-state index in [-0.39, 0.29) is 6.54 Å². The van der Waals surface area contributed by atoms with Gasteiger partial charge in [-0.3, -0.25) is 0 Å². The van der Waals surface area contributed by atoms with E-state index in [0.717, 1.165) is 47.5 Å². The van der Waals surface area contributed by atoms with Gasteiger partial charge in [-0.15, -0.1) is 11.3 Å². The van der Waals surface area contributed by atoms with Crippen molar-refractivity contribution >= 4 is 43.9 Å². The number of hydrogen-bond donors (Lipinski definition) is 3. The number of benzene rings is 2. The zero-order chi connectivity index (χ0) is 24.1. The first kappa shape index (κ1) is 24.3. The SMILES string of the molecule is N#C/C(=C\c1ccc(-c2ccc3cc(N4CCOCC4)ccc3c2)s1)S(=O)(=O)NCC(O)CO. The molecule has 1 unspecified atom stereocenters. The third-order valence-electron chi connectivity index (χ3n) is 5.50. The zero-order valence-electron chi connectivity index (χ0n) is 18.3. The van der Waals surface area contributed by atoms with Crippen LogP contribution in [0, 0.1) is 11.3 Å². The normalized spacial score (nSPS) is 15.9. The highest BCUT2D eigenvalue weighted by Gasteiger charge is 2.19. The lowest BCUT2D eigenvalue weighted by Gasteiger charge is -2.29. The monoisotopic (exact) mass is 499 g/mol. The Labute approximate surface area is 202 Å². The number of ether oxygens (including phenoxy) is 1. The fourth-order valence-electron chi connectivity index (χ4n) is 3.64. The maximum Gasteiger partial charge on any atom is 0.250 e. The largest absolute Gasteiger partial charge is 0.394 e. The van der Waals surface area contributed by atoms with E-state index in [2.05, 4.69) is 40.0 Å². The van der Waals surface area contributed by atoms with Crippen molar-refractivity contribution in [2.24, 2.45) is 0 Å². The van der Waals surface area contributed by atoms with E-state index in [4.69, 9.17) is 9.84 Å². The first-order valence-corrected chi connectivity index (χ1v) is 13.1. The summed E-state index contributed by atoms with van der Waals surface area (Å²) < 4.78 is 32.3. The van der Waals surface area contributed by atoms with Gasteiger partial charge in [0.15, 0.2) is 4.91 Å². The third kappa shape index (κ3) is 5.64. The van der Waals surface area contributed by atoms with Crippen LogP contribution in [0.3, 0.4) is 0 Å². The number of thiophene rings is 1. The van der Waals surface area contributed by atoms with E-state index in [1.807, 2.05) is 12.1 Å². The lowest BCUT2D eigenvalue weighted by atomic mass is 10.0. The van der Waals surface area contributed by atoms with Gasteiger partial charge in [-0.1, -0.05) is 18.2 Å². The molecule has 2 heterocycles. The summed E-state index contributed by atoms with van der Waals surface area (Å²) in [7, 11) is -4.10. The van der Waals surface area contributed by atoms with E-state index >= 15 is 0 Å². The number of rotatable bonds is 8. The van der Waals surface area contributed by atoms with Gasteiger partial charge < -0.3 is 19.8 Å². The van der Waals surface area contributed by atoms with Crippen LogP contribution in [0.5, 0.6) is 0 Å². The number of nitrogens with one attached hydrogen (secondary N) is 1. The number of morpholine rings is 1. The molecule has 0 spiro atoms. The molecule has 0 aliphatic carbocycles. The Morgan fingerprint density at radius 3 is 2.65 bits per heavy atom. The molecule has 0 amide bonds. The number of fused-ring (bicyclic) bond motifs is 1. The molecule has 1 aromatic heterocycles. The van der Waals surface area contributed by atoms with Gasteiger partial charge in [0, 0.05) is 35.1 Å². The fraction of sp³-hybridized carbons (Fsp3) is 0.292. The smallest absolute Gasteiger partial charge is 0.250 e. The molecule has 1 saturated heterocycles. The Morgan fingerprint density at radius 2 is 1.91 bits per heavy atom. The molecule has 34 heavy (non-hydrogen) atoms. The van der Waals surface area contributed by atoms with Crippen molar-refractivity contribution in [3.05, 3.63) is 58.3 Å². The minimum atomic E-state index is -4.10. The summed E-state index contributed by atoms with van der Waals surface area (Å²) in [4.78, 5) is 3.42. The Balaban J connectivity index is 1.54. The summed E-state index contributed by atoms with van der Waals surface area (Å²) in [5.41, 5.74) is 2.18. The molecule has 1 fully saturated rings. The number of allylic oxidation sites excluding steroid dienone is 1. The molecule has 1 aliphatic rings. The van der Waals surface area contributed by atoms with Crippen molar-refractivity contribution in [2.75, 3.05) is 44.4 Å². The van der Waals surface area contributed by atoms with Crippen LogP contribution in [0.25, 0.3) is 27.3 Å². The van der Waals surface area contributed by atoms with E-state index < -0.39 is 27.6 Å². The van der Waals surface area contributed by atoms with Crippen LogP contribution in [0.1, 0.15) is 4.88 Å². The van der Waals surface area contributed by atoms with Gasteiger partial charge >= 0.3 is 0 Å². The van der Waals surface area contributed by atoms with E-state index in [0.29, 0.717) is 4.88 Å². The molecular formula is C24H25N3O5S2. The van der Waals surface area contributed by atoms with Crippen LogP contribution in [-0.4, -0.2) is 64.2 Å². The van der Waals surface area contributed by atoms with Crippen molar-refractivity contribution in [1.29, 1.82) is 5.26 Å². The van der Waals surface area contributed by atoms with Crippen LogP contribution in [-0.2, 0) is 14.8 Å².